The van der Waals surface area contributed by atoms with Gasteiger partial charge < -0.3 is 19.0 Å². The van der Waals surface area contributed by atoms with Crippen molar-refractivity contribution in [3.8, 4) is 40.1 Å². The van der Waals surface area contributed by atoms with E-state index in [0.29, 0.717) is 17.3 Å². The van der Waals surface area contributed by atoms with Gasteiger partial charge in [-0.2, -0.15) is 0 Å². The maximum atomic E-state index is 13.0. The zero-order valence-corrected chi connectivity index (χ0v) is 16.9. The summed E-state index contributed by atoms with van der Waals surface area (Å²) in [5.41, 5.74) is 0.563. The fraction of sp³-hybridized carbons (Fsp3) is 0. The van der Waals surface area contributed by atoms with Gasteiger partial charge in [0.05, 0.1) is 0 Å². The van der Waals surface area contributed by atoms with E-state index in [9.17, 15) is 9.90 Å². The normalized spacial score (nSPS) is 10.8. The number of para-hydroxylation sites is 2. The van der Waals surface area contributed by atoms with Crippen LogP contribution in [0, 0.1) is 0 Å². The highest BCUT2D eigenvalue weighted by Crippen LogP contribution is 2.46. The number of benzene rings is 4. The third kappa shape index (κ3) is 3.79. The van der Waals surface area contributed by atoms with Gasteiger partial charge in [0, 0.05) is 17.7 Å². The monoisotopic (exact) mass is 422 g/mol. The molecule has 0 radical (unpaired) electrons. The average Bonchev–Trinajstić information content (AvgIpc) is 2.83. The highest BCUT2D eigenvalue weighted by atomic mass is 16.5. The van der Waals surface area contributed by atoms with Crippen molar-refractivity contribution < 1.29 is 19.0 Å². The first-order valence-corrected chi connectivity index (χ1v) is 10.0. The van der Waals surface area contributed by atoms with Crippen molar-refractivity contribution in [2.75, 3.05) is 0 Å². The van der Waals surface area contributed by atoms with Crippen molar-refractivity contribution in [2.45, 2.75) is 0 Å². The van der Waals surface area contributed by atoms with Gasteiger partial charge in [0.1, 0.15) is 28.2 Å². The second-order valence-electron chi connectivity index (χ2n) is 7.10. The van der Waals surface area contributed by atoms with E-state index in [4.69, 9.17) is 13.9 Å². The summed E-state index contributed by atoms with van der Waals surface area (Å²) in [6.45, 7) is 0. The van der Waals surface area contributed by atoms with Gasteiger partial charge in [0.15, 0.2) is 16.9 Å². The first-order chi connectivity index (χ1) is 15.7. The minimum absolute atomic E-state index is 0.0241. The molecule has 0 spiro atoms. The molecule has 0 saturated heterocycles. The number of hydrogen-bond donors (Lipinski definition) is 1. The molecule has 0 saturated carbocycles. The Hall–Kier alpha value is -4.51. The molecule has 5 rings (SSSR count). The van der Waals surface area contributed by atoms with Gasteiger partial charge in [-0.25, -0.2) is 0 Å². The van der Waals surface area contributed by atoms with Crippen molar-refractivity contribution in [2.24, 2.45) is 0 Å². The summed E-state index contributed by atoms with van der Waals surface area (Å²) in [5.74, 6) is 1.34. The zero-order chi connectivity index (χ0) is 21.9. The summed E-state index contributed by atoms with van der Waals surface area (Å²) in [6.07, 6.45) is 0. The predicted octanol–water partition coefficient (Wildman–Crippen LogP) is 6.75. The van der Waals surface area contributed by atoms with Crippen LogP contribution in [-0.2, 0) is 0 Å². The van der Waals surface area contributed by atoms with Crippen molar-refractivity contribution >= 4 is 11.0 Å². The topological polar surface area (TPSA) is 68.9 Å². The summed E-state index contributed by atoms with van der Waals surface area (Å²) < 4.78 is 17.9. The molecule has 1 heterocycles. The summed E-state index contributed by atoms with van der Waals surface area (Å²) in [4.78, 5) is 13.0. The van der Waals surface area contributed by atoms with Crippen molar-refractivity contribution in [3.63, 3.8) is 0 Å². The smallest absolute Gasteiger partial charge is 0.212 e. The van der Waals surface area contributed by atoms with Crippen LogP contribution in [0.15, 0.2) is 112 Å². The number of rotatable bonds is 5. The highest BCUT2D eigenvalue weighted by Gasteiger charge is 2.21. The summed E-state index contributed by atoms with van der Waals surface area (Å²) in [6, 6.07) is 30.3. The summed E-state index contributed by atoms with van der Waals surface area (Å²) in [5, 5.41) is 11.1. The van der Waals surface area contributed by atoms with Crippen LogP contribution in [0.2, 0.25) is 0 Å². The third-order valence-electron chi connectivity index (χ3n) is 4.91. The lowest BCUT2D eigenvalue weighted by molar-refractivity contribution is 0.383. The number of phenols is 1. The zero-order valence-electron chi connectivity index (χ0n) is 16.9. The molecule has 5 heteroatoms. The SMILES string of the molecule is O=c1cc(-c2ccccc2)oc2cc(Oc3ccccc3)c(Oc3ccccc3)c(O)c12. The molecule has 0 bridgehead atoms. The molecule has 5 aromatic rings. The Balaban J connectivity index is 1.71. The van der Waals surface area contributed by atoms with Crippen LogP contribution < -0.4 is 14.9 Å². The maximum Gasteiger partial charge on any atom is 0.212 e. The van der Waals surface area contributed by atoms with E-state index in [1.807, 2.05) is 66.7 Å². The third-order valence-corrected chi connectivity index (χ3v) is 4.91. The van der Waals surface area contributed by atoms with Crippen LogP contribution in [0.1, 0.15) is 0 Å². The average molecular weight is 422 g/mol. The van der Waals surface area contributed by atoms with Gasteiger partial charge in [0.25, 0.3) is 0 Å². The second kappa shape index (κ2) is 8.32. The van der Waals surface area contributed by atoms with Gasteiger partial charge in [-0.05, 0) is 24.3 Å². The Morgan fingerprint density at radius 1 is 0.688 bits per heavy atom. The molecule has 0 aliphatic rings. The van der Waals surface area contributed by atoms with Crippen molar-refractivity contribution in [3.05, 3.63) is 113 Å². The van der Waals surface area contributed by atoms with Gasteiger partial charge in [-0.3, -0.25) is 4.79 Å². The van der Waals surface area contributed by atoms with E-state index in [1.54, 1.807) is 30.3 Å². The molecule has 0 amide bonds. The lowest BCUT2D eigenvalue weighted by atomic mass is 10.1. The molecule has 0 unspecified atom stereocenters. The second-order valence-corrected chi connectivity index (χ2v) is 7.10. The first kappa shape index (κ1) is 19.5. The molecule has 1 N–H and O–H groups in total. The number of aromatic hydroxyl groups is 1. The van der Waals surface area contributed by atoms with Gasteiger partial charge in [0.2, 0.25) is 5.75 Å². The molecule has 0 aliphatic heterocycles. The largest absolute Gasteiger partial charge is 0.504 e. The maximum absolute atomic E-state index is 13.0. The van der Waals surface area contributed by atoms with E-state index >= 15 is 0 Å². The predicted molar refractivity (Wildman–Crippen MR) is 123 cm³/mol. The van der Waals surface area contributed by atoms with Crippen LogP contribution >= 0.6 is 0 Å². The number of hydrogen-bond acceptors (Lipinski definition) is 5. The Morgan fingerprint density at radius 3 is 1.88 bits per heavy atom. The van der Waals surface area contributed by atoms with E-state index in [-0.39, 0.29) is 33.6 Å². The summed E-state index contributed by atoms with van der Waals surface area (Å²) in [7, 11) is 0. The number of phenolic OH excluding ortho intramolecular Hbond substituents is 1. The minimum atomic E-state index is -0.383. The Kier molecular flexibility index (Phi) is 5.06. The van der Waals surface area contributed by atoms with E-state index in [1.165, 1.54) is 6.07 Å². The quantitative estimate of drug-likeness (QED) is 0.339. The molecule has 0 fully saturated rings. The van der Waals surface area contributed by atoms with Gasteiger partial charge in [-0.1, -0.05) is 66.7 Å². The molecular formula is C27H18O5. The first-order valence-electron chi connectivity index (χ1n) is 10.0. The van der Waals surface area contributed by atoms with Gasteiger partial charge in [-0.15, -0.1) is 0 Å². The van der Waals surface area contributed by atoms with E-state index < -0.39 is 0 Å². The molecule has 4 aromatic carbocycles. The van der Waals surface area contributed by atoms with Crippen molar-refractivity contribution in [1.29, 1.82) is 0 Å². The van der Waals surface area contributed by atoms with Gasteiger partial charge >= 0.3 is 0 Å². The Morgan fingerprint density at radius 2 is 1.25 bits per heavy atom. The van der Waals surface area contributed by atoms with Crippen LogP contribution in [0.25, 0.3) is 22.3 Å². The molecule has 0 aliphatic carbocycles. The molecule has 1 aromatic heterocycles. The molecule has 32 heavy (non-hydrogen) atoms. The lowest BCUT2D eigenvalue weighted by Crippen LogP contribution is -2.02. The van der Waals surface area contributed by atoms with Crippen molar-refractivity contribution in [1.82, 2.24) is 0 Å². The molecule has 156 valence electrons. The van der Waals surface area contributed by atoms with E-state index in [0.717, 1.165) is 5.56 Å². The fourth-order valence-electron chi connectivity index (χ4n) is 3.40. The molecular weight excluding hydrogens is 404 g/mol. The Labute approximate surface area is 183 Å². The Bertz CT molecular complexity index is 1430. The highest BCUT2D eigenvalue weighted by molar-refractivity contribution is 5.90. The number of fused-ring (bicyclic) bond motifs is 1. The lowest BCUT2D eigenvalue weighted by Gasteiger charge is -2.15. The van der Waals surface area contributed by atoms with Crippen LogP contribution in [0.5, 0.6) is 28.7 Å². The fourth-order valence-corrected chi connectivity index (χ4v) is 3.40. The standard InChI is InChI=1S/C27H18O5/c28-21-16-22(18-10-4-1-5-11-18)32-23-17-24(30-19-12-6-2-7-13-19)27(26(29)25(21)23)31-20-14-8-3-9-15-20/h1-17,29H. The van der Waals surface area contributed by atoms with Crippen LogP contribution in [0.3, 0.4) is 0 Å². The number of ether oxygens (including phenoxy) is 2. The molecule has 5 nitrogen and oxygen atoms in total. The minimum Gasteiger partial charge on any atom is -0.504 e. The summed E-state index contributed by atoms with van der Waals surface area (Å²) >= 11 is 0. The van der Waals surface area contributed by atoms with Crippen LogP contribution in [-0.4, -0.2) is 5.11 Å². The van der Waals surface area contributed by atoms with Crippen LogP contribution in [0.4, 0.5) is 0 Å². The molecule has 0 atom stereocenters. The van der Waals surface area contributed by atoms with E-state index in [2.05, 4.69) is 0 Å².